The van der Waals surface area contributed by atoms with Crippen LogP contribution in [0.1, 0.15) is 19.3 Å². The summed E-state index contributed by atoms with van der Waals surface area (Å²) in [5.41, 5.74) is 0.232. The number of ether oxygens (including phenoxy) is 1. The molecular weight excluding hydrogens is 316 g/mol. The third kappa shape index (κ3) is 4.05. The number of nitrogens with one attached hydrogen (secondary N) is 1. The van der Waals surface area contributed by atoms with Gasteiger partial charge in [-0.1, -0.05) is 11.6 Å². The maximum atomic E-state index is 12.0. The van der Waals surface area contributed by atoms with Gasteiger partial charge in [0.2, 0.25) is 5.91 Å². The quantitative estimate of drug-likeness (QED) is 0.881. The van der Waals surface area contributed by atoms with Gasteiger partial charge in [0, 0.05) is 67.7 Å². The first-order valence-electron chi connectivity index (χ1n) is 7.87. The Balaban J connectivity index is 1.52. The molecule has 1 aliphatic heterocycles. The zero-order valence-corrected chi connectivity index (χ0v) is 13.7. The van der Waals surface area contributed by atoms with Crippen molar-refractivity contribution in [1.29, 1.82) is 0 Å². The second-order valence-corrected chi connectivity index (χ2v) is 6.51. The van der Waals surface area contributed by atoms with E-state index in [0.29, 0.717) is 44.0 Å². The summed E-state index contributed by atoms with van der Waals surface area (Å²) in [6.07, 6.45) is 3.46. The van der Waals surface area contributed by atoms with E-state index in [9.17, 15) is 9.90 Å². The second-order valence-electron chi connectivity index (χ2n) is 6.08. The molecule has 1 saturated heterocycles. The standard InChI is InChI=1S/C17H21ClN2O3/c18-14-1-2-15-13(11-14)3-7-20(15)8-4-16(21)19-12-17(22)5-9-23-10-6-17/h1-3,7,11,22H,4-6,8-10,12H2,(H,19,21). The van der Waals surface area contributed by atoms with Crippen LogP contribution in [0.3, 0.4) is 0 Å². The summed E-state index contributed by atoms with van der Waals surface area (Å²) in [7, 11) is 0. The van der Waals surface area contributed by atoms with Crippen molar-refractivity contribution in [3.05, 3.63) is 35.5 Å². The number of carbonyl (C=O) groups is 1. The van der Waals surface area contributed by atoms with Crippen LogP contribution in [0.15, 0.2) is 30.5 Å². The van der Waals surface area contributed by atoms with Gasteiger partial charge in [0.15, 0.2) is 0 Å². The van der Waals surface area contributed by atoms with E-state index in [1.165, 1.54) is 0 Å². The Hall–Kier alpha value is -1.56. The molecule has 1 amide bonds. The highest BCUT2D eigenvalue weighted by Crippen LogP contribution is 2.21. The Labute approximate surface area is 140 Å². The van der Waals surface area contributed by atoms with Crippen LogP contribution >= 0.6 is 11.6 Å². The van der Waals surface area contributed by atoms with Gasteiger partial charge in [0.25, 0.3) is 0 Å². The van der Waals surface area contributed by atoms with Gasteiger partial charge < -0.3 is 19.7 Å². The topological polar surface area (TPSA) is 63.5 Å². The summed E-state index contributed by atoms with van der Waals surface area (Å²) in [6, 6.07) is 7.71. The Bertz CT molecular complexity index is 692. The average molecular weight is 337 g/mol. The number of nitrogens with zero attached hydrogens (tertiary/aromatic N) is 1. The smallest absolute Gasteiger partial charge is 0.221 e. The number of benzene rings is 1. The average Bonchev–Trinajstić information content (AvgIpc) is 2.94. The van der Waals surface area contributed by atoms with Crippen LogP contribution in [-0.2, 0) is 16.1 Å². The lowest BCUT2D eigenvalue weighted by atomic mass is 9.94. The predicted octanol–water partition coefficient (Wildman–Crippen LogP) is 2.34. The molecule has 0 aliphatic carbocycles. The number of hydrogen-bond donors (Lipinski definition) is 2. The highest BCUT2D eigenvalue weighted by Gasteiger charge is 2.29. The summed E-state index contributed by atoms with van der Waals surface area (Å²) < 4.78 is 7.27. The minimum absolute atomic E-state index is 0.0549. The van der Waals surface area contributed by atoms with E-state index in [0.717, 1.165) is 10.9 Å². The Morgan fingerprint density at radius 3 is 2.91 bits per heavy atom. The SMILES string of the molecule is O=C(CCn1ccc2cc(Cl)ccc21)NCC1(O)CCOCC1. The monoisotopic (exact) mass is 336 g/mol. The fourth-order valence-corrected chi connectivity index (χ4v) is 3.05. The molecule has 2 heterocycles. The number of aryl methyl sites for hydroxylation is 1. The molecule has 0 unspecified atom stereocenters. The highest BCUT2D eigenvalue weighted by atomic mass is 35.5. The lowest BCUT2D eigenvalue weighted by Crippen LogP contribution is -2.46. The fraction of sp³-hybridized carbons (Fsp3) is 0.471. The Morgan fingerprint density at radius 1 is 1.35 bits per heavy atom. The van der Waals surface area contributed by atoms with E-state index >= 15 is 0 Å². The number of halogens is 1. The minimum Gasteiger partial charge on any atom is -0.388 e. The van der Waals surface area contributed by atoms with Crippen LogP contribution in [0, 0.1) is 0 Å². The number of aliphatic hydroxyl groups is 1. The molecule has 6 heteroatoms. The first-order valence-corrected chi connectivity index (χ1v) is 8.25. The molecule has 124 valence electrons. The molecule has 0 spiro atoms. The molecule has 2 aromatic rings. The molecule has 0 saturated carbocycles. The van der Waals surface area contributed by atoms with E-state index in [1.54, 1.807) is 0 Å². The van der Waals surface area contributed by atoms with Crippen molar-refractivity contribution in [3.63, 3.8) is 0 Å². The molecule has 1 aliphatic rings. The molecule has 2 N–H and O–H groups in total. The van der Waals surface area contributed by atoms with Gasteiger partial charge in [-0.25, -0.2) is 0 Å². The largest absolute Gasteiger partial charge is 0.388 e. The van der Waals surface area contributed by atoms with E-state index < -0.39 is 5.60 Å². The van der Waals surface area contributed by atoms with E-state index in [2.05, 4.69) is 5.32 Å². The molecule has 1 aromatic carbocycles. The Kier molecular flexibility index (Phi) is 4.90. The van der Waals surface area contributed by atoms with Crippen LogP contribution in [0.5, 0.6) is 0 Å². The minimum atomic E-state index is -0.829. The van der Waals surface area contributed by atoms with Crippen molar-refractivity contribution in [2.75, 3.05) is 19.8 Å². The van der Waals surface area contributed by atoms with Crippen LogP contribution in [-0.4, -0.2) is 40.9 Å². The highest BCUT2D eigenvalue weighted by molar-refractivity contribution is 6.31. The number of hydrogen-bond acceptors (Lipinski definition) is 3. The van der Waals surface area contributed by atoms with Gasteiger partial charge >= 0.3 is 0 Å². The number of carbonyl (C=O) groups excluding carboxylic acids is 1. The van der Waals surface area contributed by atoms with Crippen LogP contribution in [0.4, 0.5) is 0 Å². The molecule has 0 bridgehead atoms. The van der Waals surface area contributed by atoms with E-state index in [-0.39, 0.29) is 12.5 Å². The number of amides is 1. The Morgan fingerprint density at radius 2 is 2.13 bits per heavy atom. The third-order valence-electron chi connectivity index (χ3n) is 4.35. The van der Waals surface area contributed by atoms with Gasteiger partial charge in [-0.2, -0.15) is 0 Å². The molecule has 5 nitrogen and oxygen atoms in total. The first kappa shape index (κ1) is 16.3. The van der Waals surface area contributed by atoms with Crippen molar-refractivity contribution in [3.8, 4) is 0 Å². The van der Waals surface area contributed by atoms with Crippen molar-refractivity contribution >= 4 is 28.4 Å². The lowest BCUT2D eigenvalue weighted by molar-refractivity contribution is -0.124. The molecule has 0 atom stereocenters. The van der Waals surface area contributed by atoms with Crippen molar-refractivity contribution in [2.24, 2.45) is 0 Å². The second kappa shape index (κ2) is 6.91. The van der Waals surface area contributed by atoms with E-state index in [4.69, 9.17) is 16.3 Å². The maximum absolute atomic E-state index is 12.0. The third-order valence-corrected chi connectivity index (χ3v) is 4.59. The molecule has 1 fully saturated rings. The lowest BCUT2D eigenvalue weighted by Gasteiger charge is -2.32. The van der Waals surface area contributed by atoms with Crippen molar-refractivity contribution in [1.82, 2.24) is 9.88 Å². The van der Waals surface area contributed by atoms with Crippen molar-refractivity contribution in [2.45, 2.75) is 31.4 Å². The first-order chi connectivity index (χ1) is 11.1. The molecule has 23 heavy (non-hydrogen) atoms. The van der Waals surface area contributed by atoms with E-state index in [1.807, 2.05) is 35.0 Å². The van der Waals surface area contributed by atoms with Gasteiger partial charge in [0.05, 0.1) is 5.60 Å². The summed E-state index contributed by atoms with van der Waals surface area (Å²) in [5, 5.41) is 14.9. The zero-order chi connectivity index (χ0) is 16.3. The molecular formula is C17H21ClN2O3. The number of rotatable bonds is 5. The maximum Gasteiger partial charge on any atom is 0.221 e. The van der Waals surface area contributed by atoms with Gasteiger partial charge in [0.1, 0.15) is 0 Å². The fourth-order valence-electron chi connectivity index (χ4n) is 2.87. The molecule has 0 radical (unpaired) electrons. The number of fused-ring (bicyclic) bond motifs is 1. The molecule has 3 rings (SSSR count). The zero-order valence-electron chi connectivity index (χ0n) is 12.9. The number of aromatic nitrogens is 1. The van der Waals surface area contributed by atoms with Crippen LogP contribution in [0.2, 0.25) is 5.02 Å². The normalized spacial score (nSPS) is 17.3. The summed E-state index contributed by atoms with van der Waals surface area (Å²) in [5.74, 6) is -0.0549. The summed E-state index contributed by atoms with van der Waals surface area (Å²) in [6.45, 7) is 1.98. The summed E-state index contributed by atoms with van der Waals surface area (Å²) in [4.78, 5) is 12.0. The van der Waals surface area contributed by atoms with Gasteiger partial charge in [-0.15, -0.1) is 0 Å². The molecule has 1 aromatic heterocycles. The van der Waals surface area contributed by atoms with Crippen molar-refractivity contribution < 1.29 is 14.6 Å². The van der Waals surface area contributed by atoms with Gasteiger partial charge in [-0.3, -0.25) is 4.79 Å². The predicted molar refractivity (Wildman–Crippen MR) is 89.6 cm³/mol. The van der Waals surface area contributed by atoms with Crippen LogP contribution < -0.4 is 5.32 Å². The van der Waals surface area contributed by atoms with Crippen LogP contribution in [0.25, 0.3) is 10.9 Å². The summed E-state index contributed by atoms with van der Waals surface area (Å²) >= 11 is 5.98. The van der Waals surface area contributed by atoms with Gasteiger partial charge in [-0.05, 0) is 24.3 Å².